The van der Waals surface area contributed by atoms with Crippen molar-refractivity contribution in [2.45, 2.75) is 64.8 Å². The number of Topliss-reactive ketones (excluding diaryl/α,β-unsaturated/α-hetero) is 1. The van der Waals surface area contributed by atoms with E-state index in [-0.39, 0.29) is 17.9 Å². The minimum Gasteiger partial charge on any atom is -0.323 e. The Balaban J connectivity index is 1.36. The monoisotopic (exact) mass is 420 g/mol. The second kappa shape index (κ2) is 9.58. The van der Waals surface area contributed by atoms with Crippen molar-refractivity contribution in [3.05, 3.63) is 58.7 Å². The highest BCUT2D eigenvalue weighted by atomic mass is 16.2. The minimum absolute atomic E-state index is 0.0187. The molecule has 4 rings (SSSR count). The van der Waals surface area contributed by atoms with Crippen molar-refractivity contribution in [2.24, 2.45) is 0 Å². The van der Waals surface area contributed by atoms with Crippen LogP contribution in [0.25, 0.3) is 0 Å². The molecule has 6 nitrogen and oxygen atoms in total. The number of fused-ring (bicyclic) bond motifs is 1. The van der Waals surface area contributed by atoms with Crippen LogP contribution in [0.3, 0.4) is 0 Å². The summed E-state index contributed by atoms with van der Waals surface area (Å²) in [5.41, 5.74) is 5.66. The lowest BCUT2D eigenvalue weighted by Gasteiger charge is -2.27. The Morgan fingerprint density at radius 2 is 1.97 bits per heavy atom. The van der Waals surface area contributed by atoms with E-state index in [9.17, 15) is 9.59 Å². The SMILES string of the molecule is CC(=O)C[C@@H](c1ccc(C)nc1)N1CCN(CCCc2ccc3c(n2)CCCC3)C1=O. The number of hydrogen-bond acceptors (Lipinski definition) is 4. The van der Waals surface area contributed by atoms with Crippen LogP contribution in [0.4, 0.5) is 4.79 Å². The van der Waals surface area contributed by atoms with Gasteiger partial charge >= 0.3 is 6.03 Å². The fourth-order valence-corrected chi connectivity index (χ4v) is 4.67. The van der Waals surface area contributed by atoms with Crippen molar-refractivity contribution in [3.8, 4) is 0 Å². The maximum atomic E-state index is 13.1. The molecule has 1 atom stereocenters. The van der Waals surface area contributed by atoms with Crippen LogP contribution in [-0.4, -0.2) is 51.2 Å². The van der Waals surface area contributed by atoms with E-state index in [1.807, 2.05) is 28.9 Å². The van der Waals surface area contributed by atoms with Gasteiger partial charge in [0.15, 0.2) is 0 Å². The fourth-order valence-electron chi connectivity index (χ4n) is 4.67. The number of carbonyl (C=O) groups excluding carboxylic acids is 2. The van der Waals surface area contributed by atoms with E-state index in [1.165, 1.54) is 24.1 Å². The number of pyridine rings is 2. The lowest BCUT2D eigenvalue weighted by atomic mass is 9.95. The Kier molecular flexibility index (Phi) is 6.64. The normalized spacial score (nSPS) is 17.0. The third-order valence-electron chi connectivity index (χ3n) is 6.40. The molecule has 0 radical (unpaired) electrons. The van der Waals surface area contributed by atoms with Crippen LogP contribution in [0.5, 0.6) is 0 Å². The molecule has 0 bridgehead atoms. The number of amides is 2. The van der Waals surface area contributed by atoms with Crippen molar-refractivity contribution < 1.29 is 9.59 Å². The predicted octanol–water partition coefficient (Wildman–Crippen LogP) is 4.05. The van der Waals surface area contributed by atoms with Gasteiger partial charge in [-0.25, -0.2) is 4.79 Å². The fraction of sp³-hybridized carbons (Fsp3) is 0.520. The molecule has 0 N–H and O–H groups in total. The van der Waals surface area contributed by atoms with Gasteiger partial charge in [-0.2, -0.15) is 0 Å². The molecule has 0 spiro atoms. The molecule has 2 aromatic heterocycles. The van der Waals surface area contributed by atoms with Gasteiger partial charge in [0.05, 0.1) is 6.04 Å². The molecule has 1 saturated heterocycles. The highest BCUT2D eigenvalue weighted by Gasteiger charge is 2.34. The van der Waals surface area contributed by atoms with Crippen molar-refractivity contribution in [1.29, 1.82) is 0 Å². The van der Waals surface area contributed by atoms with E-state index in [0.717, 1.165) is 42.6 Å². The molecule has 2 amide bonds. The summed E-state index contributed by atoms with van der Waals surface area (Å²) in [5, 5.41) is 0. The Labute approximate surface area is 184 Å². The highest BCUT2D eigenvalue weighted by molar-refractivity contribution is 5.80. The van der Waals surface area contributed by atoms with Gasteiger partial charge in [0.2, 0.25) is 0 Å². The van der Waals surface area contributed by atoms with Crippen molar-refractivity contribution >= 4 is 11.8 Å². The summed E-state index contributed by atoms with van der Waals surface area (Å²) in [6.07, 6.45) is 8.64. The maximum absolute atomic E-state index is 13.1. The van der Waals surface area contributed by atoms with E-state index in [0.29, 0.717) is 26.1 Å². The molecule has 3 heterocycles. The van der Waals surface area contributed by atoms with Gasteiger partial charge in [-0.05, 0) is 75.6 Å². The maximum Gasteiger partial charge on any atom is 0.320 e. The standard InChI is InChI=1S/C25H32N4O2/c1-18-9-10-21(17-26-18)24(16-19(2)30)29-15-14-28(25(29)31)13-5-7-22-12-11-20-6-3-4-8-23(20)27-22/h9-12,17,24H,3-8,13-16H2,1-2H3/t24-/m0/s1. The topological polar surface area (TPSA) is 66.4 Å². The third kappa shape index (κ3) is 5.12. The van der Waals surface area contributed by atoms with E-state index in [1.54, 1.807) is 13.1 Å². The summed E-state index contributed by atoms with van der Waals surface area (Å²) >= 11 is 0. The number of rotatable bonds is 8. The first-order valence-corrected chi connectivity index (χ1v) is 11.5. The van der Waals surface area contributed by atoms with Gasteiger partial charge in [0, 0.05) is 49.3 Å². The summed E-state index contributed by atoms with van der Waals surface area (Å²) in [4.78, 5) is 38.0. The summed E-state index contributed by atoms with van der Waals surface area (Å²) in [7, 11) is 0. The molecule has 1 fully saturated rings. The van der Waals surface area contributed by atoms with Gasteiger partial charge in [-0.15, -0.1) is 0 Å². The molecule has 164 valence electrons. The first-order chi connectivity index (χ1) is 15.0. The molecule has 2 aromatic rings. The zero-order valence-corrected chi connectivity index (χ0v) is 18.6. The minimum atomic E-state index is -0.245. The van der Waals surface area contributed by atoms with Crippen molar-refractivity contribution in [2.75, 3.05) is 19.6 Å². The number of carbonyl (C=O) groups is 2. The van der Waals surface area contributed by atoms with Crippen LogP contribution in [0.2, 0.25) is 0 Å². The second-order valence-electron chi connectivity index (χ2n) is 8.84. The van der Waals surface area contributed by atoms with Gasteiger partial charge < -0.3 is 9.80 Å². The van der Waals surface area contributed by atoms with Crippen LogP contribution >= 0.6 is 0 Å². The Morgan fingerprint density at radius 3 is 2.74 bits per heavy atom. The van der Waals surface area contributed by atoms with Crippen LogP contribution < -0.4 is 0 Å². The summed E-state index contributed by atoms with van der Waals surface area (Å²) < 4.78 is 0. The molecular weight excluding hydrogens is 388 g/mol. The number of aromatic nitrogens is 2. The molecule has 6 heteroatoms. The molecule has 2 aliphatic rings. The first-order valence-electron chi connectivity index (χ1n) is 11.5. The number of nitrogens with zero attached hydrogens (tertiary/aromatic N) is 4. The first kappa shape index (κ1) is 21.5. The predicted molar refractivity (Wildman–Crippen MR) is 120 cm³/mol. The number of hydrogen-bond donors (Lipinski definition) is 0. The van der Waals surface area contributed by atoms with E-state index in [4.69, 9.17) is 4.98 Å². The zero-order valence-electron chi connectivity index (χ0n) is 18.6. The molecule has 31 heavy (non-hydrogen) atoms. The lowest BCUT2D eigenvalue weighted by molar-refractivity contribution is -0.118. The smallest absolute Gasteiger partial charge is 0.320 e. The van der Waals surface area contributed by atoms with Crippen LogP contribution in [0.1, 0.15) is 66.9 Å². The van der Waals surface area contributed by atoms with Crippen LogP contribution in [0.15, 0.2) is 30.5 Å². The highest BCUT2D eigenvalue weighted by Crippen LogP contribution is 2.28. The average molecular weight is 421 g/mol. The Morgan fingerprint density at radius 1 is 1.13 bits per heavy atom. The summed E-state index contributed by atoms with van der Waals surface area (Å²) in [6, 6.07) is 8.08. The molecule has 0 aromatic carbocycles. The molecule has 0 saturated carbocycles. The largest absolute Gasteiger partial charge is 0.323 e. The number of aryl methyl sites for hydroxylation is 4. The Bertz CT molecular complexity index is 941. The Hall–Kier alpha value is -2.76. The van der Waals surface area contributed by atoms with Crippen molar-refractivity contribution in [3.63, 3.8) is 0 Å². The molecular formula is C25H32N4O2. The summed E-state index contributed by atoms with van der Waals surface area (Å²) in [5.74, 6) is 0.0790. The van der Waals surface area contributed by atoms with Crippen LogP contribution in [-0.2, 0) is 24.1 Å². The molecule has 1 aliphatic heterocycles. The third-order valence-corrected chi connectivity index (χ3v) is 6.40. The van der Waals surface area contributed by atoms with Gasteiger partial charge in [0.1, 0.15) is 5.78 Å². The second-order valence-corrected chi connectivity index (χ2v) is 8.84. The number of urea groups is 1. The number of ketones is 1. The zero-order chi connectivity index (χ0) is 21.8. The molecule has 0 unspecified atom stereocenters. The van der Waals surface area contributed by atoms with E-state index >= 15 is 0 Å². The van der Waals surface area contributed by atoms with Crippen molar-refractivity contribution in [1.82, 2.24) is 19.8 Å². The van der Waals surface area contributed by atoms with Gasteiger partial charge in [-0.3, -0.25) is 14.8 Å². The molecule has 1 aliphatic carbocycles. The lowest BCUT2D eigenvalue weighted by Crippen LogP contribution is -2.36. The van der Waals surface area contributed by atoms with Gasteiger partial charge in [0.25, 0.3) is 0 Å². The summed E-state index contributed by atoms with van der Waals surface area (Å²) in [6.45, 7) is 5.57. The van der Waals surface area contributed by atoms with Crippen LogP contribution in [0, 0.1) is 6.92 Å². The average Bonchev–Trinajstić information content (AvgIpc) is 3.13. The van der Waals surface area contributed by atoms with E-state index in [2.05, 4.69) is 17.1 Å². The van der Waals surface area contributed by atoms with Gasteiger partial charge in [-0.1, -0.05) is 12.1 Å². The quantitative estimate of drug-likeness (QED) is 0.646. The van der Waals surface area contributed by atoms with E-state index < -0.39 is 0 Å².